The number of carboxylic acid groups (broad SMARTS) is 1. The summed E-state index contributed by atoms with van der Waals surface area (Å²) in [5.74, 6) is -3.25. The highest BCUT2D eigenvalue weighted by atomic mass is 16.7. The van der Waals surface area contributed by atoms with Gasteiger partial charge in [-0.05, 0) is 122 Å². The molecule has 0 radical (unpaired) electrons. The summed E-state index contributed by atoms with van der Waals surface area (Å²) in [4.78, 5) is 51.4. The normalized spacial score (nSPS) is 18.1. The van der Waals surface area contributed by atoms with Crippen LogP contribution in [0, 0.1) is 0 Å². The van der Waals surface area contributed by atoms with Crippen molar-refractivity contribution in [3.8, 4) is 0 Å². The minimum atomic E-state index is -1.92. The molecular weight excluding hydrogens is 1090 g/mol. The first-order chi connectivity index (χ1) is 42.6. The molecular formula is C75H122O12. The van der Waals surface area contributed by atoms with Crippen LogP contribution in [-0.2, 0) is 42.9 Å². The van der Waals surface area contributed by atoms with Crippen molar-refractivity contribution < 1.29 is 58.2 Å². The van der Waals surface area contributed by atoms with Gasteiger partial charge >= 0.3 is 23.9 Å². The number of carbonyl (C=O) groups excluding carboxylic acids is 3. The predicted molar refractivity (Wildman–Crippen MR) is 358 cm³/mol. The molecule has 1 aliphatic heterocycles. The lowest BCUT2D eigenvalue weighted by molar-refractivity contribution is -0.301. The fourth-order valence-corrected chi connectivity index (χ4v) is 9.75. The molecule has 1 fully saturated rings. The summed E-state index contributed by atoms with van der Waals surface area (Å²) in [5.41, 5.74) is 0. The van der Waals surface area contributed by atoms with E-state index in [9.17, 15) is 34.5 Å². The van der Waals surface area contributed by atoms with Crippen LogP contribution in [0.15, 0.2) is 122 Å². The number of ether oxygens (including phenoxy) is 5. The molecule has 1 rings (SSSR count). The van der Waals surface area contributed by atoms with E-state index < -0.39 is 67.3 Å². The van der Waals surface area contributed by atoms with Gasteiger partial charge in [0, 0.05) is 19.3 Å². The Morgan fingerprint density at radius 2 is 0.747 bits per heavy atom. The van der Waals surface area contributed by atoms with Gasteiger partial charge in [-0.2, -0.15) is 0 Å². The molecule has 0 aliphatic carbocycles. The van der Waals surface area contributed by atoms with Crippen molar-refractivity contribution in [3.05, 3.63) is 122 Å². The average molecular weight is 1220 g/mol. The van der Waals surface area contributed by atoms with Gasteiger partial charge < -0.3 is 39.0 Å². The van der Waals surface area contributed by atoms with Gasteiger partial charge in [0.1, 0.15) is 18.8 Å². The van der Waals surface area contributed by atoms with E-state index in [0.717, 1.165) is 122 Å². The fourth-order valence-electron chi connectivity index (χ4n) is 9.75. The number of esters is 3. The molecule has 1 heterocycles. The third-order valence-corrected chi connectivity index (χ3v) is 15.0. The zero-order valence-electron chi connectivity index (χ0n) is 54.7. The smallest absolute Gasteiger partial charge is 0.335 e. The van der Waals surface area contributed by atoms with E-state index in [0.29, 0.717) is 19.3 Å². The van der Waals surface area contributed by atoms with Crippen molar-refractivity contribution in [3.63, 3.8) is 0 Å². The first kappa shape index (κ1) is 80.1. The molecule has 0 saturated carbocycles. The SMILES string of the molecule is CC/C=C\C/C=C\C/C=C\C/C=C\C/C=C\C/C=C\CCC(=O)OCC(COC1OC(C(=O)O)C(O)C(O)C1OC(=O)CCCCCCCCCCC/C=C\CCCCCCCC)OC(=O)CCCCCCCC/C=C\C/C=C\C/C=C\CCCCC. The number of aliphatic carboxylic acids is 1. The molecule has 6 unspecified atom stereocenters. The topological polar surface area (TPSA) is 175 Å². The minimum absolute atomic E-state index is 0.0444. The number of aliphatic hydroxyl groups excluding tert-OH is 2. The van der Waals surface area contributed by atoms with E-state index in [4.69, 9.17) is 23.7 Å². The Morgan fingerprint density at radius 1 is 0.391 bits per heavy atom. The van der Waals surface area contributed by atoms with Gasteiger partial charge in [-0.25, -0.2) is 4.79 Å². The van der Waals surface area contributed by atoms with Crippen LogP contribution in [0.2, 0.25) is 0 Å². The van der Waals surface area contributed by atoms with Gasteiger partial charge in [-0.3, -0.25) is 14.4 Å². The highest BCUT2D eigenvalue weighted by molar-refractivity contribution is 5.74. The molecule has 0 aromatic rings. The van der Waals surface area contributed by atoms with Crippen LogP contribution in [0.3, 0.4) is 0 Å². The molecule has 87 heavy (non-hydrogen) atoms. The van der Waals surface area contributed by atoms with Crippen LogP contribution in [0.5, 0.6) is 0 Å². The Kier molecular flexibility index (Phi) is 56.5. The number of hydrogen-bond acceptors (Lipinski definition) is 11. The van der Waals surface area contributed by atoms with Crippen LogP contribution in [0.25, 0.3) is 0 Å². The Hall–Kier alpha value is -4.88. The minimum Gasteiger partial charge on any atom is -0.479 e. The van der Waals surface area contributed by atoms with Gasteiger partial charge in [-0.15, -0.1) is 0 Å². The first-order valence-corrected chi connectivity index (χ1v) is 34.5. The monoisotopic (exact) mass is 1210 g/mol. The second-order valence-electron chi connectivity index (χ2n) is 23.1. The number of carbonyl (C=O) groups is 4. The third-order valence-electron chi connectivity index (χ3n) is 15.0. The van der Waals surface area contributed by atoms with E-state index >= 15 is 0 Å². The van der Waals surface area contributed by atoms with E-state index in [1.807, 2.05) is 12.2 Å². The standard InChI is InChI=1S/C75H122O12/c1-4-7-10-13-16-19-22-25-28-31-34-37-40-43-46-49-52-55-58-61-67(76)83-64-66(85-68(77)62-59-56-53-50-47-44-41-38-35-32-29-26-23-20-17-14-11-8-5-2)65-84-75-73(71(80)70(79)72(87-75)74(81)82)86-69(78)63-60-57-54-51-48-45-42-39-36-33-30-27-24-21-18-15-12-9-6-3/h7,10,16-17,19-20,25-30,34-35,37-38,43,46,52,55,66,70-73,75,79-80H,4-6,8-9,11-15,18,21-24,31-33,36,39-42,44-45,47-51,53-54,56-65H2,1-3H3,(H,81,82)/b10-7-,19-16-,20-17-,28-25-,29-26-,30-27-,37-34-,38-35-,46-43-,55-52-. The lowest BCUT2D eigenvalue weighted by Gasteiger charge is -2.40. The lowest BCUT2D eigenvalue weighted by Crippen LogP contribution is -2.61. The van der Waals surface area contributed by atoms with E-state index in [2.05, 4.69) is 130 Å². The van der Waals surface area contributed by atoms with Crippen molar-refractivity contribution in [2.24, 2.45) is 0 Å². The predicted octanol–water partition coefficient (Wildman–Crippen LogP) is 19.1. The summed E-state index contributed by atoms with van der Waals surface area (Å²) in [6, 6.07) is 0. The highest BCUT2D eigenvalue weighted by Gasteiger charge is 2.50. The largest absolute Gasteiger partial charge is 0.479 e. The zero-order chi connectivity index (χ0) is 63.1. The molecule has 12 heteroatoms. The molecule has 0 bridgehead atoms. The maximum absolute atomic E-state index is 13.2. The summed E-state index contributed by atoms with van der Waals surface area (Å²) < 4.78 is 28.5. The summed E-state index contributed by atoms with van der Waals surface area (Å²) in [6.07, 6.45) is 73.0. The number of carboxylic acids is 1. The molecule has 6 atom stereocenters. The van der Waals surface area contributed by atoms with Gasteiger partial charge in [0.2, 0.25) is 0 Å². The summed E-state index contributed by atoms with van der Waals surface area (Å²) in [6.45, 7) is 5.80. The van der Waals surface area contributed by atoms with Crippen molar-refractivity contribution in [2.75, 3.05) is 13.2 Å². The van der Waals surface area contributed by atoms with Gasteiger partial charge in [0.15, 0.2) is 24.6 Å². The van der Waals surface area contributed by atoms with Crippen molar-refractivity contribution in [2.45, 2.75) is 314 Å². The van der Waals surface area contributed by atoms with Crippen molar-refractivity contribution >= 4 is 23.9 Å². The second kappa shape index (κ2) is 61.4. The van der Waals surface area contributed by atoms with Crippen LogP contribution < -0.4 is 0 Å². The second-order valence-corrected chi connectivity index (χ2v) is 23.1. The van der Waals surface area contributed by atoms with Crippen LogP contribution in [0.1, 0.15) is 278 Å². The van der Waals surface area contributed by atoms with E-state index in [1.165, 1.54) is 96.3 Å². The molecule has 1 aliphatic rings. The van der Waals surface area contributed by atoms with Crippen LogP contribution in [0.4, 0.5) is 0 Å². The molecule has 494 valence electrons. The number of allylic oxidation sites excluding steroid dienone is 20. The Balaban J connectivity index is 2.70. The molecule has 1 saturated heterocycles. The summed E-state index contributed by atoms with van der Waals surface area (Å²) >= 11 is 0. The third kappa shape index (κ3) is 50.7. The number of aliphatic hydroxyl groups is 2. The van der Waals surface area contributed by atoms with Crippen molar-refractivity contribution in [1.29, 1.82) is 0 Å². The number of unbranched alkanes of at least 4 members (excludes halogenated alkanes) is 24. The zero-order valence-corrected chi connectivity index (χ0v) is 54.7. The van der Waals surface area contributed by atoms with Gasteiger partial charge in [0.25, 0.3) is 0 Å². The van der Waals surface area contributed by atoms with Gasteiger partial charge in [-0.1, -0.05) is 258 Å². The molecule has 0 amide bonds. The van der Waals surface area contributed by atoms with Gasteiger partial charge in [0.05, 0.1) is 6.61 Å². The van der Waals surface area contributed by atoms with Crippen molar-refractivity contribution in [1.82, 2.24) is 0 Å². The quantitative estimate of drug-likeness (QED) is 0.0228. The van der Waals surface area contributed by atoms with E-state index in [1.54, 1.807) is 0 Å². The number of hydrogen-bond donors (Lipinski definition) is 3. The fraction of sp³-hybridized carbons (Fsp3) is 0.680. The Labute approximate surface area is 528 Å². The molecule has 3 N–H and O–H groups in total. The summed E-state index contributed by atoms with van der Waals surface area (Å²) in [7, 11) is 0. The Morgan fingerprint density at radius 3 is 1.18 bits per heavy atom. The average Bonchev–Trinajstić information content (AvgIpc) is 2.56. The number of rotatable bonds is 58. The molecule has 0 aromatic heterocycles. The van der Waals surface area contributed by atoms with Crippen LogP contribution >= 0.6 is 0 Å². The maximum atomic E-state index is 13.2. The first-order valence-electron chi connectivity index (χ1n) is 34.5. The van der Waals surface area contributed by atoms with Crippen LogP contribution in [-0.4, -0.2) is 89.2 Å². The summed E-state index contributed by atoms with van der Waals surface area (Å²) in [5, 5.41) is 31.7. The molecule has 0 aromatic carbocycles. The van der Waals surface area contributed by atoms with E-state index in [-0.39, 0.29) is 25.9 Å². The highest BCUT2D eigenvalue weighted by Crippen LogP contribution is 2.27. The maximum Gasteiger partial charge on any atom is 0.335 e. The molecule has 12 nitrogen and oxygen atoms in total. The molecule has 0 spiro atoms. The Bertz CT molecular complexity index is 1970. The lowest BCUT2D eigenvalue weighted by atomic mass is 9.98.